The Labute approximate surface area is 194 Å². The summed E-state index contributed by atoms with van der Waals surface area (Å²) in [6.45, 7) is 6.99. The molecule has 3 N–H and O–H groups in total. The predicted octanol–water partition coefficient (Wildman–Crippen LogP) is 2.71. The van der Waals surface area contributed by atoms with E-state index in [9.17, 15) is 9.59 Å². The summed E-state index contributed by atoms with van der Waals surface area (Å²) < 4.78 is 5.53. The lowest BCUT2D eigenvalue weighted by molar-refractivity contribution is -0.128. The SMILES string of the molecule is CC(=O)NC(Cc1c[nH]c2ccccc12)C(=O)NCC(c1cccc(C)c1)N1CCOCC1. The van der Waals surface area contributed by atoms with Crippen molar-refractivity contribution in [1.82, 2.24) is 20.5 Å². The van der Waals surface area contributed by atoms with Crippen LogP contribution < -0.4 is 10.6 Å². The van der Waals surface area contributed by atoms with Gasteiger partial charge in [-0.2, -0.15) is 0 Å². The molecule has 1 fully saturated rings. The molecule has 0 spiro atoms. The Morgan fingerprint density at radius 2 is 1.91 bits per heavy atom. The number of H-pyrrole nitrogens is 1. The zero-order valence-electron chi connectivity index (χ0n) is 19.3. The van der Waals surface area contributed by atoms with Crippen LogP contribution in [-0.4, -0.2) is 60.6 Å². The van der Waals surface area contributed by atoms with Crippen LogP contribution in [0.1, 0.15) is 29.7 Å². The molecule has 174 valence electrons. The van der Waals surface area contributed by atoms with Gasteiger partial charge in [0.1, 0.15) is 6.04 Å². The lowest BCUT2D eigenvalue weighted by Crippen LogP contribution is -2.50. The summed E-state index contributed by atoms with van der Waals surface area (Å²) in [4.78, 5) is 30.7. The van der Waals surface area contributed by atoms with Gasteiger partial charge in [0.25, 0.3) is 0 Å². The molecule has 0 aliphatic carbocycles. The number of nitrogens with one attached hydrogen (secondary N) is 3. The lowest BCUT2D eigenvalue weighted by atomic mass is 10.0. The zero-order chi connectivity index (χ0) is 23.2. The van der Waals surface area contributed by atoms with Crippen LogP contribution >= 0.6 is 0 Å². The normalized spacial score (nSPS) is 16.3. The summed E-state index contributed by atoms with van der Waals surface area (Å²) >= 11 is 0. The van der Waals surface area contributed by atoms with Gasteiger partial charge in [0.2, 0.25) is 11.8 Å². The molecule has 7 heteroatoms. The average molecular weight is 449 g/mol. The number of rotatable bonds is 8. The maximum Gasteiger partial charge on any atom is 0.242 e. The Morgan fingerprint density at radius 3 is 2.67 bits per heavy atom. The third-order valence-corrected chi connectivity index (χ3v) is 6.18. The van der Waals surface area contributed by atoms with Crippen LogP contribution in [0.3, 0.4) is 0 Å². The predicted molar refractivity (Wildman–Crippen MR) is 129 cm³/mol. The number of carbonyl (C=O) groups excluding carboxylic acids is 2. The van der Waals surface area contributed by atoms with Crippen LogP contribution in [0.4, 0.5) is 0 Å². The molecule has 7 nitrogen and oxygen atoms in total. The first-order chi connectivity index (χ1) is 16.0. The third-order valence-electron chi connectivity index (χ3n) is 6.18. The number of aromatic amines is 1. The highest BCUT2D eigenvalue weighted by Crippen LogP contribution is 2.23. The van der Waals surface area contributed by atoms with Crippen molar-refractivity contribution in [3.8, 4) is 0 Å². The molecule has 1 aromatic heterocycles. The van der Waals surface area contributed by atoms with E-state index in [1.807, 2.05) is 30.5 Å². The molecule has 33 heavy (non-hydrogen) atoms. The van der Waals surface area contributed by atoms with Gasteiger partial charge < -0.3 is 20.4 Å². The maximum atomic E-state index is 13.2. The molecule has 2 aromatic carbocycles. The van der Waals surface area contributed by atoms with E-state index in [4.69, 9.17) is 4.74 Å². The van der Waals surface area contributed by atoms with Crippen molar-refractivity contribution in [3.05, 3.63) is 71.4 Å². The molecule has 1 saturated heterocycles. The van der Waals surface area contributed by atoms with Gasteiger partial charge in [0.15, 0.2) is 0 Å². The second kappa shape index (κ2) is 10.6. The van der Waals surface area contributed by atoms with Crippen LogP contribution in [0.25, 0.3) is 10.9 Å². The molecular weight excluding hydrogens is 416 g/mol. The number of hydrogen-bond donors (Lipinski definition) is 3. The number of aromatic nitrogens is 1. The number of nitrogens with zero attached hydrogens (tertiary/aromatic N) is 1. The summed E-state index contributed by atoms with van der Waals surface area (Å²) in [5.41, 5.74) is 4.38. The first-order valence-electron chi connectivity index (χ1n) is 11.5. The highest BCUT2D eigenvalue weighted by atomic mass is 16.5. The first kappa shape index (κ1) is 23.0. The van der Waals surface area contributed by atoms with Gasteiger partial charge in [-0.1, -0.05) is 48.0 Å². The van der Waals surface area contributed by atoms with Crippen molar-refractivity contribution in [2.75, 3.05) is 32.8 Å². The Bertz CT molecular complexity index is 1100. The van der Waals surface area contributed by atoms with Crippen LogP contribution in [-0.2, 0) is 20.7 Å². The fourth-order valence-corrected chi connectivity index (χ4v) is 4.52. The minimum absolute atomic E-state index is 0.0452. The van der Waals surface area contributed by atoms with Gasteiger partial charge in [-0.15, -0.1) is 0 Å². The monoisotopic (exact) mass is 448 g/mol. The number of carbonyl (C=O) groups is 2. The highest BCUT2D eigenvalue weighted by molar-refractivity contribution is 5.89. The molecule has 2 unspecified atom stereocenters. The number of benzene rings is 2. The molecule has 0 saturated carbocycles. The third kappa shape index (κ3) is 5.80. The van der Waals surface area contributed by atoms with Crippen LogP contribution in [0, 0.1) is 6.92 Å². The molecule has 2 amide bonds. The van der Waals surface area contributed by atoms with Gasteiger partial charge in [0, 0.05) is 50.1 Å². The maximum absolute atomic E-state index is 13.2. The summed E-state index contributed by atoms with van der Waals surface area (Å²) in [7, 11) is 0. The standard InChI is InChI=1S/C26H32N4O3/c1-18-6-5-7-20(14-18)25(30-10-12-33-13-11-30)17-28-26(32)24(29-19(2)31)15-21-16-27-23-9-4-3-8-22(21)23/h3-9,14,16,24-25,27H,10-13,15,17H2,1-2H3,(H,28,32)(H,29,31). The smallest absolute Gasteiger partial charge is 0.242 e. The fourth-order valence-electron chi connectivity index (χ4n) is 4.52. The molecule has 4 rings (SSSR count). The summed E-state index contributed by atoms with van der Waals surface area (Å²) in [6.07, 6.45) is 2.33. The van der Waals surface area contributed by atoms with E-state index in [1.54, 1.807) is 0 Å². The largest absolute Gasteiger partial charge is 0.379 e. The Balaban J connectivity index is 1.50. The quantitative estimate of drug-likeness (QED) is 0.495. The van der Waals surface area contributed by atoms with E-state index in [0.29, 0.717) is 26.2 Å². The Kier molecular flexibility index (Phi) is 7.42. The molecule has 3 aromatic rings. The van der Waals surface area contributed by atoms with Crippen molar-refractivity contribution in [1.29, 1.82) is 0 Å². The average Bonchev–Trinajstić information content (AvgIpc) is 3.22. The van der Waals surface area contributed by atoms with Gasteiger partial charge in [-0.25, -0.2) is 0 Å². The zero-order valence-corrected chi connectivity index (χ0v) is 19.3. The van der Waals surface area contributed by atoms with E-state index < -0.39 is 6.04 Å². The van der Waals surface area contributed by atoms with Gasteiger partial charge in [-0.3, -0.25) is 14.5 Å². The van der Waals surface area contributed by atoms with Crippen LogP contribution in [0.15, 0.2) is 54.7 Å². The number of fused-ring (bicyclic) bond motifs is 1. The number of morpholine rings is 1. The first-order valence-corrected chi connectivity index (χ1v) is 11.5. The van der Waals surface area contributed by atoms with Crippen molar-refractivity contribution in [2.24, 2.45) is 0 Å². The lowest BCUT2D eigenvalue weighted by Gasteiger charge is -2.35. The van der Waals surface area contributed by atoms with Crippen molar-refractivity contribution < 1.29 is 14.3 Å². The minimum atomic E-state index is -0.649. The number of para-hydroxylation sites is 1. The summed E-state index contributed by atoms with van der Waals surface area (Å²) in [5, 5.41) is 7.02. The molecule has 1 aliphatic rings. The van der Waals surface area contributed by atoms with E-state index >= 15 is 0 Å². The molecule has 0 bridgehead atoms. The van der Waals surface area contributed by atoms with E-state index in [1.165, 1.54) is 18.1 Å². The van der Waals surface area contributed by atoms with E-state index in [-0.39, 0.29) is 17.9 Å². The van der Waals surface area contributed by atoms with Crippen molar-refractivity contribution in [2.45, 2.75) is 32.4 Å². The molecule has 2 heterocycles. The molecule has 0 radical (unpaired) electrons. The molecular formula is C26H32N4O3. The molecule has 2 atom stereocenters. The number of ether oxygens (including phenoxy) is 1. The number of hydrogen-bond acceptors (Lipinski definition) is 4. The van der Waals surface area contributed by atoms with Crippen LogP contribution in [0.2, 0.25) is 0 Å². The van der Waals surface area contributed by atoms with Gasteiger partial charge >= 0.3 is 0 Å². The number of amides is 2. The highest BCUT2D eigenvalue weighted by Gasteiger charge is 2.26. The fraction of sp³-hybridized carbons (Fsp3) is 0.385. The summed E-state index contributed by atoms with van der Waals surface area (Å²) in [5.74, 6) is -0.403. The minimum Gasteiger partial charge on any atom is -0.379 e. The number of aryl methyl sites for hydroxylation is 1. The Morgan fingerprint density at radius 1 is 1.12 bits per heavy atom. The van der Waals surface area contributed by atoms with Crippen molar-refractivity contribution in [3.63, 3.8) is 0 Å². The van der Waals surface area contributed by atoms with E-state index in [0.717, 1.165) is 29.6 Å². The second-order valence-corrected chi connectivity index (χ2v) is 8.64. The second-order valence-electron chi connectivity index (χ2n) is 8.64. The van der Waals surface area contributed by atoms with Gasteiger partial charge in [-0.05, 0) is 24.1 Å². The molecule has 1 aliphatic heterocycles. The van der Waals surface area contributed by atoms with Crippen LogP contribution in [0.5, 0.6) is 0 Å². The van der Waals surface area contributed by atoms with Crippen molar-refractivity contribution >= 4 is 22.7 Å². The van der Waals surface area contributed by atoms with E-state index in [2.05, 4.69) is 51.7 Å². The Hall–Kier alpha value is -3.16. The summed E-state index contributed by atoms with van der Waals surface area (Å²) in [6, 6.07) is 15.8. The van der Waals surface area contributed by atoms with Gasteiger partial charge in [0.05, 0.1) is 19.3 Å². The topological polar surface area (TPSA) is 86.5 Å².